The van der Waals surface area contributed by atoms with E-state index >= 15 is 0 Å². The molecule has 0 saturated heterocycles. The van der Waals surface area contributed by atoms with Gasteiger partial charge in [-0.1, -0.05) is 0 Å². The minimum Gasteiger partial charge on any atom is -0.399 e. The summed E-state index contributed by atoms with van der Waals surface area (Å²) in [7, 11) is 0. The van der Waals surface area contributed by atoms with Gasteiger partial charge in [0.2, 0.25) is 0 Å². The summed E-state index contributed by atoms with van der Waals surface area (Å²) in [4.78, 5) is 8.56. The molecule has 2 rings (SSSR count). The first kappa shape index (κ1) is 10.9. The molecule has 0 bridgehead atoms. The number of hydrogen-bond donors (Lipinski definition) is 2. The lowest BCUT2D eigenvalue weighted by Crippen LogP contribution is -2.06. The van der Waals surface area contributed by atoms with E-state index < -0.39 is 0 Å². The lowest BCUT2D eigenvalue weighted by atomic mass is 10.4. The quantitative estimate of drug-likeness (QED) is 0.850. The molecule has 0 aliphatic heterocycles. The highest BCUT2D eigenvalue weighted by atomic mass is 32.1. The topological polar surface area (TPSA) is 63.8 Å². The fourth-order valence-electron chi connectivity index (χ4n) is 1.36. The van der Waals surface area contributed by atoms with Gasteiger partial charge in [0.25, 0.3) is 0 Å². The van der Waals surface area contributed by atoms with Crippen LogP contribution in [-0.2, 0) is 6.42 Å². The molecule has 5 heteroatoms. The third kappa shape index (κ3) is 2.93. The van der Waals surface area contributed by atoms with Crippen LogP contribution in [0, 0.1) is 6.92 Å². The Morgan fingerprint density at radius 2 is 2.38 bits per heavy atom. The molecular formula is C11H14N4S. The molecule has 0 spiro atoms. The monoisotopic (exact) mass is 234 g/mol. The third-order valence-corrected chi connectivity index (χ3v) is 3.12. The molecule has 0 atom stereocenters. The SMILES string of the molecule is Cc1csc(CCNc2cc(N)ccn2)n1. The van der Waals surface area contributed by atoms with Gasteiger partial charge in [0.15, 0.2) is 0 Å². The van der Waals surface area contributed by atoms with Crippen LogP contribution in [0.2, 0.25) is 0 Å². The lowest BCUT2D eigenvalue weighted by molar-refractivity contribution is 0.978. The predicted molar refractivity (Wildman–Crippen MR) is 67.7 cm³/mol. The molecule has 2 aromatic rings. The second-order valence-corrected chi connectivity index (χ2v) is 4.48. The second kappa shape index (κ2) is 4.94. The van der Waals surface area contributed by atoms with Crippen LogP contribution in [0.1, 0.15) is 10.7 Å². The summed E-state index contributed by atoms with van der Waals surface area (Å²) in [6.45, 7) is 2.83. The van der Waals surface area contributed by atoms with Gasteiger partial charge in [-0.15, -0.1) is 11.3 Å². The van der Waals surface area contributed by atoms with Crippen molar-refractivity contribution in [1.29, 1.82) is 0 Å². The average Bonchev–Trinajstić information content (AvgIpc) is 2.64. The zero-order valence-corrected chi connectivity index (χ0v) is 9.92. The van der Waals surface area contributed by atoms with Crippen LogP contribution in [0.3, 0.4) is 0 Å². The van der Waals surface area contributed by atoms with Crippen LogP contribution in [0.5, 0.6) is 0 Å². The van der Waals surface area contributed by atoms with Gasteiger partial charge in [0.1, 0.15) is 5.82 Å². The van der Waals surface area contributed by atoms with Gasteiger partial charge in [0, 0.05) is 42.0 Å². The minimum absolute atomic E-state index is 0.725. The van der Waals surface area contributed by atoms with Gasteiger partial charge in [-0.2, -0.15) is 0 Å². The van der Waals surface area contributed by atoms with Crippen molar-refractivity contribution in [2.24, 2.45) is 0 Å². The summed E-state index contributed by atoms with van der Waals surface area (Å²) < 4.78 is 0. The number of aryl methyl sites for hydroxylation is 1. The molecule has 2 aromatic heterocycles. The molecule has 4 nitrogen and oxygen atoms in total. The van der Waals surface area contributed by atoms with E-state index in [1.807, 2.05) is 13.0 Å². The van der Waals surface area contributed by atoms with Gasteiger partial charge in [-0.05, 0) is 13.0 Å². The smallest absolute Gasteiger partial charge is 0.127 e. The van der Waals surface area contributed by atoms with Crippen LogP contribution < -0.4 is 11.1 Å². The molecule has 0 aliphatic carbocycles. The predicted octanol–water partition coefficient (Wildman–Crippen LogP) is 2.08. The molecule has 2 heterocycles. The third-order valence-electron chi connectivity index (χ3n) is 2.10. The first-order valence-corrected chi connectivity index (χ1v) is 5.98. The Hall–Kier alpha value is -1.62. The van der Waals surface area contributed by atoms with Crippen molar-refractivity contribution in [1.82, 2.24) is 9.97 Å². The summed E-state index contributed by atoms with van der Waals surface area (Å²) in [5, 5.41) is 6.43. The zero-order chi connectivity index (χ0) is 11.4. The summed E-state index contributed by atoms with van der Waals surface area (Å²) in [5.74, 6) is 0.813. The van der Waals surface area contributed by atoms with Crippen LogP contribution in [-0.4, -0.2) is 16.5 Å². The molecule has 0 amide bonds. The fourth-order valence-corrected chi connectivity index (χ4v) is 2.13. The molecule has 16 heavy (non-hydrogen) atoms. The van der Waals surface area contributed by atoms with E-state index in [2.05, 4.69) is 20.7 Å². The van der Waals surface area contributed by atoms with E-state index in [1.165, 1.54) is 0 Å². The number of nitrogens with one attached hydrogen (secondary N) is 1. The van der Waals surface area contributed by atoms with E-state index in [4.69, 9.17) is 5.73 Å². The van der Waals surface area contributed by atoms with Crippen molar-refractivity contribution in [3.05, 3.63) is 34.4 Å². The van der Waals surface area contributed by atoms with Gasteiger partial charge < -0.3 is 11.1 Å². The van der Waals surface area contributed by atoms with Crippen molar-refractivity contribution in [2.75, 3.05) is 17.6 Å². The number of rotatable bonds is 4. The summed E-state index contributed by atoms with van der Waals surface area (Å²) >= 11 is 1.69. The molecule has 0 aliphatic rings. The highest BCUT2D eigenvalue weighted by molar-refractivity contribution is 7.09. The fraction of sp³-hybridized carbons (Fsp3) is 0.273. The van der Waals surface area contributed by atoms with E-state index in [9.17, 15) is 0 Å². The van der Waals surface area contributed by atoms with Crippen molar-refractivity contribution in [3.63, 3.8) is 0 Å². The van der Waals surface area contributed by atoms with Crippen LogP contribution in [0.25, 0.3) is 0 Å². The maximum Gasteiger partial charge on any atom is 0.127 e. The molecule has 0 aromatic carbocycles. The van der Waals surface area contributed by atoms with Crippen LogP contribution >= 0.6 is 11.3 Å². The average molecular weight is 234 g/mol. The van der Waals surface area contributed by atoms with Gasteiger partial charge in [0.05, 0.1) is 5.01 Å². The van der Waals surface area contributed by atoms with Crippen molar-refractivity contribution in [2.45, 2.75) is 13.3 Å². The first-order valence-electron chi connectivity index (χ1n) is 5.10. The Labute approximate surface area is 98.6 Å². The first-order chi connectivity index (χ1) is 7.74. The number of nitrogen functional groups attached to an aromatic ring is 1. The Bertz CT molecular complexity index is 467. The van der Waals surface area contributed by atoms with E-state index in [0.29, 0.717) is 0 Å². The minimum atomic E-state index is 0.725. The molecule has 0 radical (unpaired) electrons. The van der Waals surface area contributed by atoms with E-state index in [-0.39, 0.29) is 0 Å². The number of pyridine rings is 1. The highest BCUT2D eigenvalue weighted by Gasteiger charge is 1.99. The molecular weight excluding hydrogens is 220 g/mol. The number of nitrogens with two attached hydrogens (primary N) is 1. The summed E-state index contributed by atoms with van der Waals surface area (Å²) in [6, 6.07) is 3.60. The van der Waals surface area contributed by atoms with E-state index in [0.717, 1.165) is 35.2 Å². The number of aromatic nitrogens is 2. The second-order valence-electron chi connectivity index (χ2n) is 3.53. The molecule has 3 N–H and O–H groups in total. The maximum absolute atomic E-state index is 5.65. The van der Waals surface area contributed by atoms with E-state index in [1.54, 1.807) is 23.6 Å². The number of anilines is 2. The molecule has 84 valence electrons. The molecule has 0 unspecified atom stereocenters. The number of thiazole rings is 1. The maximum atomic E-state index is 5.65. The van der Waals surface area contributed by atoms with Gasteiger partial charge in [-0.25, -0.2) is 9.97 Å². The van der Waals surface area contributed by atoms with Gasteiger partial charge in [-0.3, -0.25) is 0 Å². The number of hydrogen-bond acceptors (Lipinski definition) is 5. The molecule has 0 saturated carbocycles. The zero-order valence-electron chi connectivity index (χ0n) is 9.10. The molecule has 0 fully saturated rings. The van der Waals surface area contributed by atoms with Crippen molar-refractivity contribution in [3.8, 4) is 0 Å². The van der Waals surface area contributed by atoms with Gasteiger partial charge >= 0.3 is 0 Å². The standard InChI is InChI=1S/C11H14N4S/c1-8-7-16-11(15-8)3-5-14-10-6-9(12)2-4-13-10/h2,4,6-7H,3,5H2,1H3,(H3,12,13,14). The Morgan fingerprint density at radius 1 is 1.50 bits per heavy atom. The lowest BCUT2D eigenvalue weighted by Gasteiger charge is -2.04. The summed E-state index contributed by atoms with van der Waals surface area (Å²) in [6.07, 6.45) is 2.61. The van der Waals surface area contributed by atoms with Crippen molar-refractivity contribution >= 4 is 22.8 Å². The largest absolute Gasteiger partial charge is 0.399 e. The van der Waals surface area contributed by atoms with Crippen LogP contribution in [0.15, 0.2) is 23.7 Å². The number of nitrogens with zero attached hydrogens (tertiary/aromatic N) is 2. The van der Waals surface area contributed by atoms with Crippen molar-refractivity contribution < 1.29 is 0 Å². The van der Waals surface area contributed by atoms with Crippen LogP contribution in [0.4, 0.5) is 11.5 Å². The Morgan fingerprint density at radius 3 is 3.06 bits per heavy atom. The normalized spacial score (nSPS) is 10.3. The Balaban J connectivity index is 1.84. The highest BCUT2D eigenvalue weighted by Crippen LogP contribution is 2.11. The Kier molecular flexibility index (Phi) is 3.36. The summed E-state index contributed by atoms with van der Waals surface area (Å²) in [5.41, 5.74) is 7.46.